The van der Waals surface area contributed by atoms with Crippen LogP contribution >= 0.6 is 11.6 Å². The van der Waals surface area contributed by atoms with Gasteiger partial charge in [-0.25, -0.2) is 4.79 Å². The molecule has 2 N–H and O–H groups in total. The van der Waals surface area contributed by atoms with Crippen LogP contribution in [0.15, 0.2) is 24.3 Å². The number of halogens is 1. The first kappa shape index (κ1) is 12.4. The minimum absolute atomic E-state index is 0.0367. The zero-order valence-corrected chi connectivity index (χ0v) is 10.7. The van der Waals surface area contributed by atoms with Crippen molar-refractivity contribution in [3.05, 3.63) is 35.0 Å². The van der Waals surface area contributed by atoms with Crippen LogP contribution in [-0.4, -0.2) is 35.4 Å². The molecule has 18 heavy (non-hydrogen) atoms. The molecule has 2 rings (SSSR count). The summed E-state index contributed by atoms with van der Waals surface area (Å²) in [6.07, 6.45) is 0. The van der Waals surface area contributed by atoms with Crippen molar-refractivity contribution in [3.8, 4) is 11.3 Å². The van der Waals surface area contributed by atoms with Gasteiger partial charge < -0.3 is 10.0 Å². The van der Waals surface area contributed by atoms with Crippen LogP contribution in [0.25, 0.3) is 11.3 Å². The van der Waals surface area contributed by atoms with Crippen LogP contribution in [0.4, 0.5) is 5.69 Å². The van der Waals surface area contributed by atoms with Crippen LogP contribution in [-0.2, 0) is 0 Å². The molecule has 5 nitrogen and oxygen atoms in total. The number of aromatic nitrogens is 2. The largest absolute Gasteiger partial charge is 0.477 e. The molecule has 1 aromatic carbocycles. The average molecular weight is 266 g/mol. The Labute approximate surface area is 109 Å². The zero-order valence-electron chi connectivity index (χ0n) is 9.94. The van der Waals surface area contributed by atoms with E-state index in [4.69, 9.17) is 16.7 Å². The highest BCUT2D eigenvalue weighted by Crippen LogP contribution is 2.35. The van der Waals surface area contributed by atoms with E-state index >= 15 is 0 Å². The van der Waals surface area contributed by atoms with Gasteiger partial charge in [-0.05, 0) is 18.2 Å². The lowest BCUT2D eigenvalue weighted by atomic mass is 10.1. The molecule has 2 aromatic rings. The number of anilines is 1. The lowest BCUT2D eigenvalue weighted by Gasteiger charge is -2.17. The molecule has 0 amide bonds. The number of aromatic carboxylic acids is 1. The van der Waals surface area contributed by atoms with Crippen LogP contribution in [0.3, 0.4) is 0 Å². The molecule has 0 spiro atoms. The van der Waals surface area contributed by atoms with Crippen molar-refractivity contribution in [3.63, 3.8) is 0 Å². The van der Waals surface area contributed by atoms with Crippen molar-refractivity contribution in [2.24, 2.45) is 0 Å². The van der Waals surface area contributed by atoms with Crippen molar-refractivity contribution < 1.29 is 9.90 Å². The van der Waals surface area contributed by atoms with Crippen molar-refractivity contribution in [2.75, 3.05) is 19.0 Å². The molecule has 0 aliphatic carbocycles. The molecule has 94 valence electrons. The molecule has 0 radical (unpaired) electrons. The molecule has 0 aliphatic heterocycles. The van der Waals surface area contributed by atoms with E-state index in [9.17, 15) is 4.79 Å². The molecule has 0 atom stereocenters. The second-order valence-electron chi connectivity index (χ2n) is 4.00. The Hall–Kier alpha value is -2.01. The molecule has 0 saturated carbocycles. The molecule has 1 aromatic heterocycles. The fourth-order valence-electron chi connectivity index (χ4n) is 1.70. The third kappa shape index (κ3) is 2.17. The van der Waals surface area contributed by atoms with E-state index in [2.05, 4.69) is 10.2 Å². The van der Waals surface area contributed by atoms with Crippen LogP contribution in [0.5, 0.6) is 0 Å². The van der Waals surface area contributed by atoms with E-state index in [0.29, 0.717) is 16.3 Å². The number of hydrogen-bond acceptors (Lipinski definition) is 3. The Morgan fingerprint density at radius 3 is 2.72 bits per heavy atom. The molecule has 0 aliphatic rings. The summed E-state index contributed by atoms with van der Waals surface area (Å²) in [4.78, 5) is 12.7. The number of carboxylic acid groups (broad SMARTS) is 1. The first-order valence-corrected chi connectivity index (χ1v) is 5.63. The summed E-state index contributed by atoms with van der Waals surface area (Å²) in [7, 11) is 3.78. The van der Waals surface area contributed by atoms with E-state index in [-0.39, 0.29) is 5.69 Å². The van der Waals surface area contributed by atoms with Gasteiger partial charge in [0.2, 0.25) is 0 Å². The Balaban J connectivity index is 2.58. The minimum atomic E-state index is -1.05. The summed E-state index contributed by atoms with van der Waals surface area (Å²) in [5.41, 5.74) is 2.15. The van der Waals surface area contributed by atoms with Gasteiger partial charge in [-0.2, -0.15) is 5.10 Å². The summed E-state index contributed by atoms with van der Waals surface area (Å²) >= 11 is 6.17. The van der Waals surface area contributed by atoms with Gasteiger partial charge in [0.15, 0.2) is 0 Å². The highest BCUT2D eigenvalue weighted by atomic mass is 35.5. The van der Waals surface area contributed by atoms with Gasteiger partial charge in [0.05, 0.1) is 10.7 Å². The number of nitrogens with zero attached hydrogens (tertiary/aromatic N) is 2. The van der Waals surface area contributed by atoms with Gasteiger partial charge in [-0.1, -0.05) is 17.7 Å². The number of H-pyrrole nitrogens is 1. The second kappa shape index (κ2) is 4.70. The monoisotopic (exact) mass is 265 g/mol. The number of carboxylic acids is 1. The SMILES string of the molecule is CN(C)c1cccc(Cl)c1-c1cc(C(=O)O)[nH]n1. The summed E-state index contributed by atoms with van der Waals surface area (Å²) < 4.78 is 0. The standard InChI is InChI=1S/C12H12ClN3O2/c1-16(2)10-5-3-4-7(13)11(10)8-6-9(12(17)18)15-14-8/h3-6H,1-2H3,(H,14,15)(H,17,18). The summed E-state index contributed by atoms with van der Waals surface area (Å²) in [5, 5.41) is 15.9. The van der Waals surface area contributed by atoms with Gasteiger partial charge in [0.1, 0.15) is 5.69 Å². The van der Waals surface area contributed by atoms with Crippen molar-refractivity contribution in [2.45, 2.75) is 0 Å². The summed E-state index contributed by atoms with van der Waals surface area (Å²) in [6, 6.07) is 6.96. The van der Waals surface area contributed by atoms with Crippen LogP contribution in [0, 0.1) is 0 Å². The lowest BCUT2D eigenvalue weighted by molar-refractivity contribution is 0.0690. The fourth-order valence-corrected chi connectivity index (χ4v) is 1.96. The van der Waals surface area contributed by atoms with Crippen molar-refractivity contribution >= 4 is 23.3 Å². The fraction of sp³-hybridized carbons (Fsp3) is 0.167. The van der Waals surface area contributed by atoms with E-state index in [0.717, 1.165) is 5.69 Å². The average Bonchev–Trinajstić information content (AvgIpc) is 2.77. The first-order chi connectivity index (χ1) is 8.50. The van der Waals surface area contributed by atoms with Crippen LogP contribution < -0.4 is 4.90 Å². The number of carbonyl (C=O) groups is 1. The maximum absolute atomic E-state index is 10.8. The highest BCUT2D eigenvalue weighted by molar-refractivity contribution is 6.34. The second-order valence-corrected chi connectivity index (χ2v) is 4.41. The van der Waals surface area contributed by atoms with E-state index in [1.54, 1.807) is 6.07 Å². The van der Waals surface area contributed by atoms with E-state index in [1.165, 1.54) is 6.07 Å². The van der Waals surface area contributed by atoms with E-state index < -0.39 is 5.97 Å². The third-order valence-electron chi connectivity index (χ3n) is 2.54. The summed E-state index contributed by atoms with van der Waals surface area (Å²) in [5.74, 6) is -1.05. The summed E-state index contributed by atoms with van der Waals surface area (Å²) in [6.45, 7) is 0. The van der Waals surface area contributed by atoms with Gasteiger partial charge in [0.25, 0.3) is 0 Å². The Morgan fingerprint density at radius 2 is 2.17 bits per heavy atom. The van der Waals surface area contributed by atoms with Crippen LogP contribution in [0.1, 0.15) is 10.5 Å². The maximum Gasteiger partial charge on any atom is 0.353 e. The normalized spacial score (nSPS) is 10.4. The highest BCUT2D eigenvalue weighted by Gasteiger charge is 2.16. The molecule has 0 saturated heterocycles. The molecular weight excluding hydrogens is 254 g/mol. The van der Waals surface area contributed by atoms with Crippen molar-refractivity contribution in [1.29, 1.82) is 0 Å². The predicted molar refractivity (Wildman–Crippen MR) is 70.3 cm³/mol. The zero-order chi connectivity index (χ0) is 13.3. The Morgan fingerprint density at radius 1 is 1.44 bits per heavy atom. The predicted octanol–water partition coefficient (Wildman–Crippen LogP) is 2.49. The van der Waals surface area contributed by atoms with Gasteiger partial charge in [-0.15, -0.1) is 0 Å². The Kier molecular flexibility index (Phi) is 3.25. The molecule has 0 unspecified atom stereocenters. The van der Waals surface area contributed by atoms with Gasteiger partial charge >= 0.3 is 5.97 Å². The topological polar surface area (TPSA) is 69.2 Å². The van der Waals surface area contributed by atoms with Gasteiger partial charge in [0, 0.05) is 25.3 Å². The van der Waals surface area contributed by atoms with Crippen LogP contribution in [0.2, 0.25) is 5.02 Å². The molecule has 6 heteroatoms. The lowest BCUT2D eigenvalue weighted by Crippen LogP contribution is -2.10. The van der Waals surface area contributed by atoms with Gasteiger partial charge in [-0.3, -0.25) is 5.10 Å². The molecular formula is C12H12ClN3O2. The number of nitrogens with one attached hydrogen (secondary N) is 1. The first-order valence-electron chi connectivity index (χ1n) is 5.25. The third-order valence-corrected chi connectivity index (χ3v) is 2.85. The quantitative estimate of drug-likeness (QED) is 0.895. The molecule has 0 bridgehead atoms. The smallest absolute Gasteiger partial charge is 0.353 e. The number of hydrogen-bond donors (Lipinski definition) is 2. The molecule has 0 fully saturated rings. The van der Waals surface area contributed by atoms with Crippen molar-refractivity contribution in [1.82, 2.24) is 10.2 Å². The number of benzene rings is 1. The molecule has 1 heterocycles. The number of rotatable bonds is 3. The minimum Gasteiger partial charge on any atom is -0.477 e. The van der Waals surface area contributed by atoms with E-state index in [1.807, 2.05) is 31.1 Å². The Bertz CT molecular complexity index is 593. The maximum atomic E-state index is 10.8. The number of aromatic amines is 1.